The van der Waals surface area contributed by atoms with E-state index in [2.05, 4.69) is 25.3 Å². The van der Waals surface area contributed by atoms with Gasteiger partial charge in [0.2, 0.25) is 5.89 Å². The van der Waals surface area contributed by atoms with Crippen LogP contribution in [-0.4, -0.2) is 31.4 Å². The van der Waals surface area contributed by atoms with Gasteiger partial charge in [-0.3, -0.25) is 9.78 Å². The van der Waals surface area contributed by atoms with E-state index in [1.54, 1.807) is 12.4 Å². The van der Waals surface area contributed by atoms with Gasteiger partial charge in [-0.2, -0.15) is 0 Å². The highest BCUT2D eigenvalue weighted by Crippen LogP contribution is 2.41. The summed E-state index contributed by atoms with van der Waals surface area (Å²) in [5, 5.41) is 2.96. The number of ether oxygens (including phenoxy) is 1. The third kappa shape index (κ3) is 3.76. The summed E-state index contributed by atoms with van der Waals surface area (Å²) in [6, 6.07) is 9.19. The lowest BCUT2D eigenvalue weighted by Gasteiger charge is -2.17. The largest absolute Gasteiger partial charge is 0.487 e. The predicted octanol–water partition coefficient (Wildman–Crippen LogP) is 3.74. The summed E-state index contributed by atoms with van der Waals surface area (Å²) in [5.41, 5.74) is 9.30. The Labute approximate surface area is 183 Å². The van der Waals surface area contributed by atoms with Crippen LogP contribution < -0.4 is 15.8 Å². The van der Waals surface area contributed by atoms with Crippen LogP contribution in [0.15, 0.2) is 59.7 Å². The Balaban J connectivity index is 1.48. The molecule has 0 unspecified atom stereocenters. The molecule has 0 saturated heterocycles. The highest BCUT2D eigenvalue weighted by atomic mass is 16.5. The Kier molecular flexibility index (Phi) is 4.58. The maximum Gasteiger partial charge on any atom is 0.277 e. The predicted molar refractivity (Wildman–Crippen MR) is 118 cm³/mol. The molecule has 4 heterocycles. The van der Waals surface area contributed by atoms with E-state index >= 15 is 0 Å². The van der Waals surface area contributed by atoms with E-state index < -0.39 is 5.91 Å². The van der Waals surface area contributed by atoms with Crippen LogP contribution in [0.5, 0.6) is 5.75 Å². The fourth-order valence-corrected chi connectivity index (χ4v) is 3.70. The van der Waals surface area contributed by atoms with Gasteiger partial charge >= 0.3 is 0 Å². The van der Waals surface area contributed by atoms with Crippen molar-refractivity contribution >= 4 is 17.4 Å². The lowest BCUT2D eigenvalue weighted by molar-refractivity contribution is 0.102. The van der Waals surface area contributed by atoms with Gasteiger partial charge in [0.15, 0.2) is 5.69 Å². The lowest BCUT2D eigenvalue weighted by atomic mass is 9.97. The summed E-state index contributed by atoms with van der Waals surface area (Å²) in [6.07, 6.45) is 6.75. The Morgan fingerprint density at radius 2 is 1.97 bits per heavy atom. The molecule has 1 aliphatic rings. The van der Waals surface area contributed by atoms with Crippen LogP contribution >= 0.6 is 0 Å². The van der Waals surface area contributed by atoms with Crippen molar-refractivity contribution < 1.29 is 13.9 Å². The Morgan fingerprint density at radius 1 is 1.16 bits per heavy atom. The van der Waals surface area contributed by atoms with Crippen LogP contribution in [0.3, 0.4) is 0 Å². The molecule has 1 aromatic carbocycles. The average Bonchev–Trinajstić information content (AvgIpc) is 3.37. The third-order valence-electron chi connectivity index (χ3n) is 5.09. The molecule has 0 bridgehead atoms. The topological polar surface area (TPSA) is 129 Å². The zero-order valence-corrected chi connectivity index (χ0v) is 17.5. The van der Waals surface area contributed by atoms with Gasteiger partial charge < -0.3 is 20.2 Å². The number of nitrogen functional groups attached to an aromatic ring is 1. The quantitative estimate of drug-likeness (QED) is 0.503. The number of amides is 1. The molecule has 3 N–H and O–H groups in total. The molecule has 5 rings (SSSR count). The summed E-state index contributed by atoms with van der Waals surface area (Å²) in [5.74, 6) is 0.868. The number of fused-ring (bicyclic) bond motifs is 1. The number of pyridine rings is 1. The van der Waals surface area contributed by atoms with Crippen molar-refractivity contribution in [2.24, 2.45) is 0 Å². The number of oxazole rings is 1. The monoisotopic (exact) mass is 428 g/mol. The highest BCUT2D eigenvalue weighted by molar-refractivity contribution is 6.05. The van der Waals surface area contributed by atoms with Crippen molar-refractivity contribution in [3.63, 3.8) is 0 Å². The van der Waals surface area contributed by atoms with Gasteiger partial charge in [0.25, 0.3) is 5.91 Å². The van der Waals surface area contributed by atoms with Crippen molar-refractivity contribution in [2.45, 2.75) is 25.9 Å². The van der Waals surface area contributed by atoms with Gasteiger partial charge in [-0.05, 0) is 43.7 Å². The minimum absolute atomic E-state index is 0.120. The van der Waals surface area contributed by atoms with Crippen molar-refractivity contribution in [1.29, 1.82) is 0 Å². The van der Waals surface area contributed by atoms with Gasteiger partial charge in [-0.15, -0.1) is 0 Å². The molecule has 0 radical (unpaired) electrons. The van der Waals surface area contributed by atoms with E-state index in [1.807, 2.05) is 38.1 Å². The highest BCUT2D eigenvalue weighted by Gasteiger charge is 2.31. The molecule has 0 fully saturated rings. The first-order valence-electron chi connectivity index (χ1n) is 9.99. The molecule has 4 aromatic rings. The summed E-state index contributed by atoms with van der Waals surface area (Å²) < 4.78 is 11.5. The second kappa shape index (κ2) is 7.45. The first-order valence-corrected chi connectivity index (χ1v) is 9.99. The number of nitrogens with zero attached hydrogens (tertiary/aromatic N) is 4. The molecule has 9 nitrogen and oxygen atoms in total. The standard InChI is InChI=1S/C23H20N6O3/c1-23(2)10-14-7-16(15(8-19(14)32-23)13-3-5-25-6-4-13)28-21(30)18-11-31-22(29-18)17-9-20(24)27-12-26-17/h3-9,11-12H,10H2,1-2H3,(H,28,30)(H2,24,26,27). The Bertz CT molecular complexity index is 1320. The van der Waals surface area contributed by atoms with E-state index in [-0.39, 0.29) is 23.0 Å². The zero-order valence-electron chi connectivity index (χ0n) is 17.5. The lowest BCUT2D eigenvalue weighted by Crippen LogP contribution is -2.24. The Hall–Kier alpha value is -4.27. The molecule has 160 valence electrons. The van der Waals surface area contributed by atoms with Crippen molar-refractivity contribution in [3.8, 4) is 28.5 Å². The van der Waals surface area contributed by atoms with E-state index in [1.165, 1.54) is 18.7 Å². The second-order valence-corrected chi connectivity index (χ2v) is 8.10. The van der Waals surface area contributed by atoms with E-state index in [0.29, 0.717) is 11.4 Å². The minimum atomic E-state index is -0.407. The number of anilines is 2. The fraction of sp³-hybridized carbons (Fsp3) is 0.174. The number of carbonyl (C=O) groups excluding carboxylic acids is 1. The first-order chi connectivity index (χ1) is 15.4. The molecule has 32 heavy (non-hydrogen) atoms. The average molecular weight is 428 g/mol. The molecular weight excluding hydrogens is 408 g/mol. The van der Waals surface area contributed by atoms with Crippen LogP contribution in [0.25, 0.3) is 22.7 Å². The number of nitrogens with one attached hydrogen (secondary N) is 1. The molecule has 0 aliphatic carbocycles. The minimum Gasteiger partial charge on any atom is -0.487 e. The SMILES string of the molecule is CC1(C)Cc2cc(NC(=O)c3coc(-c4cc(N)ncn4)n3)c(-c3ccncc3)cc2O1. The van der Waals surface area contributed by atoms with Gasteiger partial charge in [-0.25, -0.2) is 15.0 Å². The summed E-state index contributed by atoms with van der Waals surface area (Å²) in [6.45, 7) is 4.07. The molecule has 3 aromatic heterocycles. The number of rotatable bonds is 4. The molecule has 9 heteroatoms. The smallest absolute Gasteiger partial charge is 0.277 e. The van der Waals surface area contributed by atoms with Crippen LogP contribution in [0.4, 0.5) is 11.5 Å². The van der Waals surface area contributed by atoms with E-state index in [9.17, 15) is 4.79 Å². The number of carbonyl (C=O) groups is 1. The zero-order chi connectivity index (χ0) is 22.3. The normalized spacial score (nSPS) is 13.9. The van der Waals surface area contributed by atoms with E-state index in [0.717, 1.165) is 28.9 Å². The van der Waals surface area contributed by atoms with Gasteiger partial charge in [0.05, 0.1) is 0 Å². The second-order valence-electron chi connectivity index (χ2n) is 8.10. The van der Waals surface area contributed by atoms with Crippen molar-refractivity contribution in [3.05, 3.63) is 66.6 Å². The number of hydrogen-bond acceptors (Lipinski definition) is 8. The summed E-state index contributed by atoms with van der Waals surface area (Å²) >= 11 is 0. The van der Waals surface area contributed by atoms with Crippen molar-refractivity contribution in [2.75, 3.05) is 11.1 Å². The first kappa shape index (κ1) is 19.7. The van der Waals surface area contributed by atoms with E-state index in [4.69, 9.17) is 14.9 Å². The molecule has 1 aliphatic heterocycles. The van der Waals surface area contributed by atoms with Gasteiger partial charge in [-0.1, -0.05) is 0 Å². The third-order valence-corrected chi connectivity index (χ3v) is 5.09. The van der Waals surface area contributed by atoms with Gasteiger partial charge in [0, 0.05) is 41.7 Å². The number of benzene rings is 1. The molecule has 0 spiro atoms. The van der Waals surface area contributed by atoms with Crippen LogP contribution in [0, 0.1) is 0 Å². The number of nitrogens with two attached hydrogens (primary N) is 1. The van der Waals surface area contributed by atoms with Crippen molar-refractivity contribution in [1.82, 2.24) is 19.9 Å². The molecule has 0 atom stereocenters. The number of hydrogen-bond donors (Lipinski definition) is 2. The Morgan fingerprint density at radius 3 is 2.75 bits per heavy atom. The maximum atomic E-state index is 13.0. The summed E-state index contributed by atoms with van der Waals surface area (Å²) in [4.78, 5) is 29.3. The fourth-order valence-electron chi connectivity index (χ4n) is 3.70. The van der Waals surface area contributed by atoms with Crippen LogP contribution in [0.1, 0.15) is 29.9 Å². The molecule has 0 saturated carbocycles. The molecule has 1 amide bonds. The maximum absolute atomic E-state index is 13.0. The number of aromatic nitrogens is 4. The van der Waals surface area contributed by atoms with Crippen LogP contribution in [0.2, 0.25) is 0 Å². The summed E-state index contributed by atoms with van der Waals surface area (Å²) in [7, 11) is 0. The molecular formula is C23H20N6O3. The van der Waals surface area contributed by atoms with Crippen LogP contribution in [-0.2, 0) is 6.42 Å². The van der Waals surface area contributed by atoms with Gasteiger partial charge in [0.1, 0.15) is 35.5 Å².